The van der Waals surface area contributed by atoms with Gasteiger partial charge >= 0.3 is 5.97 Å². The van der Waals surface area contributed by atoms with Gasteiger partial charge in [0.1, 0.15) is 0 Å². The van der Waals surface area contributed by atoms with Crippen LogP contribution in [0.15, 0.2) is 11.6 Å². The van der Waals surface area contributed by atoms with E-state index in [-0.39, 0.29) is 17.9 Å². The number of carboxylic acids is 1. The Balaban J connectivity index is 2.42. The fraction of sp³-hybridized carbons (Fsp3) is 0.667. The number of carbonyl (C=O) groups is 2. The Bertz CT molecular complexity index is 309. The van der Waals surface area contributed by atoms with Crippen molar-refractivity contribution >= 4 is 11.9 Å². The maximum Gasteiger partial charge on any atom is 0.306 e. The van der Waals surface area contributed by atoms with E-state index >= 15 is 0 Å². The molecule has 1 saturated carbocycles. The molecule has 1 aliphatic rings. The molecular formula is C12H19NO3. The molecule has 4 heteroatoms. The molecule has 0 unspecified atom stereocenters. The van der Waals surface area contributed by atoms with Gasteiger partial charge in [-0.2, -0.15) is 0 Å². The third-order valence-corrected chi connectivity index (χ3v) is 2.99. The lowest BCUT2D eigenvalue weighted by Crippen LogP contribution is -2.33. The first-order valence-electron chi connectivity index (χ1n) is 5.75. The first kappa shape index (κ1) is 12.7. The topological polar surface area (TPSA) is 66.4 Å². The van der Waals surface area contributed by atoms with Crippen LogP contribution >= 0.6 is 0 Å². The van der Waals surface area contributed by atoms with Gasteiger partial charge in [-0.3, -0.25) is 9.59 Å². The van der Waals surface area contributed by atoms with Crippen LogP contribution in [0.25, 0.3) is 0 Å². The minimum atomic E-state index is -0.752. The number of rotatable bonds is 4. The number of amides is 1. The smallest absolute Gasteiger partial charge is 0.306 e. The molecule has 1 fully saturated rings. The van der Waals surface area contributed by atoms with Crippen molar-refractivity contribution in [2.45, 2.75) is 45.6 Å². The molecule has 0 heterocycles. The standard InChI is InChI=1S/C12H19NO3/c1-3-4-8(2)11(14)13-10-6-5-9(7-10)12(15)16/h4,9-10H,3,5-7H2,1-2H3,(H,13,14)(H,15,16)/b8-4-/t9-,10+/m1/s1. The summed E-state index contributed by atoms with van der Waals surface area (Å²) in [5.41, 5.74) is 0.710. The van der Waals surface area contributed by atoms with E-state index in [0.29, 0.717) is 18.4 Å². The van der Waals surface area contributed by atoms with Crippen molar-refractivity contribution < 1.29 is 14.7 Å². The number of hydrogen-bond acceptors (Lipinski definition) is 2. The molecule has 0 saturated heterocycles. The first-order valence-corrected chi connectivity index (χ1v) is 5.75. The number of nitrogens with one attached hydrogen (secondary N) is 1. The average molecular weight is 225 g/mol. The number of carboxylic acid groups (broad SMARTS) is 1. The predicted molar refractivity (Wildman–Crippen MR) is 61.0 cm³/mol. The molecular weight excluding hydrogens is 206 g/mol. The Morgan fingerprint density at radius 1 is 1.44 bits per heavy atom. The maximum absolute atomic E-state index is 11.6. The van der Waals surface area contributed by atoms with Crippen molar-refractivity contribution in [3.05, 3.63) is 11.6 Å². The predicted octanol–water partition coefficient (Wildman–Crippen LogP) is 1.71. The van der Waals surface area contributed by atoms with Gasteiger partial charge in [0.05, 0.1) is 5.92 Å². The third kappa shape index (κ3) is 3.36. The number of hydrogen-bond donors (Lipinski definition) is 2. The summed E-state index contributed by atoms with van der Waals surface area (Å²) in [6.07, 6.45) is 4.69. The summed E-state index contributed by atoms with van der Waals surface area (Å²) in [4.78, 5) is 22.4. The van der Waals surface area contributed by atoms with Gasteiger partial charge in [0.2, 0.25) is 5.91 Å². The van der Waals surface area contributed by atoms with Crippen LogP contribution in [0.2, 0.25) is 0 Å². The highest BCUT2D eigenvalue weighted by Gasteiger charge is 2.30. The number of aliphatic carboxylic acids is 1. The molecule has 0 aliphatic heterocycles. The fourth-order valence-electron chi connectivity index (χ4n) is 2.04. The Labute approximate surface area is 95.7 Å². The summed E-state index contributed by atoms with van der Waals surface area (Å²) in [5.74, 6) is -1.11. The normalized spacial score (nSPS) is 25.5. The summed E-state index contributed by atoms with van der Waals surface area (Å²) < 4.78 is 0. The lowest BCUT2D eigenvalue weighted by Gasteiger charge is -2.12. The molecule has 0 aromatic heterocycles. The number of allylic oxidation sites excluding steroid dienone is 1. The van der Waals surface area contributed by atoms with E-state index in [9.17, 15) is 9.59 Å². The Kier molecular flexibility index (Phi) is 4.52. The van der Waals surface area contributed by atoms with E-state index in [0.717, 1.165) is 12.8 Å². The lowest BCUT2D eigenvalue weighted by atomic mass is 10.1. The van der Waals surface area contributed by atoms with Gasteiger partial charge in [-0.1, -0.05) is 13.0 Å². The minimum Gasteiger partial charge on any atom is -0.481 e. The highest BCUT2D eigenvalue weighted by molar-refractivity contribution is 5.93. The Morgan fingerprint density at radius 3 is 2.62 bits per heavy atom. The van der Waals surface area contributed by atoms with Crippen molar-refractivity contribution in [3.63, 3.8) is 0 Å². The third-order valence-electron chi connectivity index (χ3n) is 2.99. The van der Waals surface area contributed by atoms with Gasteiger partial charge in [0, 0.05) is 11.6 Å². The van der Waals surface area contributed by atoms with E-state index in [1.54, 1.807) is 6.92 Å². The van der Waals surface area contributed by atoms with Gasteiger partial charge < -0.3 is 10.4 Å². The largest absolute Gasteiger partial charge is 0.481 e. The second-order valence-corrected chi connectivity index (χ2v) is 4.31. The van der Waals surface area contributed by atoms with Crippen LogP contribution in [0.5, 0.6) is 0 Å². The average Bonchev–Trinajstić information content (AvgIpc) is 2.66. The molecule has 0 aromatic carbocycles. The van der Waals surface area contributed by atoms with Gasteiger partial charge in [0.25, 0.3) is 0 Å². The van der Waals surface area contributed by atoms with Crippen molar-refractivity contribution in [1.82, 2.24) is 5.32 Å². The van der Waals surface area contributed by atoms with E-state index in [2.05, 4.69) is 5.32 Å². The molecule has 4 nitrogen and oxygen atoms in total. The van der Waals surface area contributed by atoms with Crippen LogP contribution in [0, 0.1) is 5.92 Å². The van der Waals surface area contributed by atoms with E-state index < -0.39 is 5.97 Å². The SMILES string of the molecule is CC/C=C(/C)C(=O)N[C@H]1CC[C@@H](C(=O)O)C1. The van der Waals surface area contributed by atoms with Crippen LogP contribution in [0.3, 0.4) is 0 Å². The molecule has 1 rings (SSSR count). The quantitative estimate of drug-likeness (QED) is 0.716. The lowest BCUT2D eigenvalue weighted by molar-refractivity contribution is -0.141. The van der Waals surface area contributed by atoms with Gasteiger partial charge in [0.15, 0.2) is 0 Å². The molecule has 1 aliphatic carbocycles. The second-order valence-electron chi connectivity index (χ2n) is 4.31. The fourth-order valence-corrected chi connectivity index (χ4v) is 2.04. The molecule has 0 aromatic rings. The molecule has 1 amide bonds. The maximum atomic E-state index is 11.6. The zero-order chi connectivity index (χ0) is 12.1. The molecule has 2 atom stereocenters. The van der Waals surface area contributed by atoms with E-state index in [1.807, 2.05) is 13.0 Å². The minimum absolute atomic E-state index is 0.0220. The van der Waals surface area contributed by atoms with E-state index in [4.69, 9.17) is 5.11 Å². The summed E-state index contributed by atoms with van der Waals surface area (Å²) in [6, 6.07) is 0.0220. The first-order chi connectivity index (χ1) is 7.54. The Morgan fingerprint density at radius 2 is 2.12 bits per heavy atom. The van der Waals surface area contributed by atoms with Gasteiger partial charge in [-0.25, -0.2) is 0 Å². The van der Waals surface area contributed by atoms with Gasteiger partial charge in [-0.15, -0.1) is 0 Å². The summed E-state index contributed by atoms with van der Waals surface area (Å²) in [6.45, 7) is 3.76. The van der Waals surface area contributed by atoms with Crippen molar-refractivity contribution in [2.24, 2.45) is 5.92 Å². The Hall–Kier alpha value is -1.32. The zero-order valence-electron chi connectivity index (χ0n) is 9.82. The van der Waals surface area contributed by atoms with Crippen LogP contribution in [0.1, 0.15) is 39.5 Å². The number of carbonyl (C=O) groups excluding carboxylic acids is 1. The van der Waals surface area contributed by atoms with Crippen LogP contribution in [-0.2, 0) is 9.59 Å². The molecule has 2 N–H and O–H groups in total. The van der Waals surface area contributed by atoms with Crippen LogP contribution in [0.4, 0.5) is 0 Å². The molecule has 90 valence electrons. The molecule has 0 bridgehead atoms. The van der Waals surface area contributed by atoms with Gasteiger partial charge in [-0.05, 0) is 32.6 Å². The summed E-state index contributed by atoms with van der Waals surface area (Å²) in [5, 5.41) is 11.7. The molecule has 0 spiro atoms. The van der Waals surface area contributed by atoms with Crippen molar-refractivity contribution in [2.75, 3.05) is 0 Å². The van der Waals surface area contributed by atoms with E-state index in [1.165, 1.54) is 0 Å². The van der Waals surface area contributed by atoms with Crippen LogP contribution < -0.4 is 5.32 Å². The highest BCUT2D eigenvalue weighted by Crippen LogP contribution is 2.25. The zero-order valence-corrected chi connectivity index (χ0v) is 9.82. The van der Waals surface area contributed by atoms with Crippen LogP contribution in [-0.4, -0.2) is 23.0 Å². The molecule has 16 heavy (non-hydrogen) atoms. The highest BCUT2D eigenvalue weighted by atomic mass is 16.4. The second kappa shape index (κ2) is 5.68. The summed E-state index contributed by atoms with van der Waals surface area (Å²) >= 11 is 0. The van der Waals surface area contributed by atoms with Crippen molar-refractivity contribution in [1.29, 1.82) is 0 Å². The summed E-state index contributed by atoms with van der Waals surface area (Å²) in [7, 11) is 0. The monoisotopic (exact) mass is 225 g/mol. The van der Waals surface area contributed by atoms with Crippen molar-refractivity contribution in [3.8, 4) is 0 Å². The molecule has 0 radical (unpaired) electrons.